The summed E-state index contributed by atoms with van der Waals surface area (Å²) >= 11 is 0. The zero-order valence-corrected chi connectivity index (χ0v) is 9.64. The second-order valence-corrected chi connectivity index (χ2v) is 4.04. The molecule has 3 heteroatoms. The molecule has 0 saturated heterocycles. The zero-order chi connectivity index (χ0) is 12.3. The predicted octanol–water partition coefficient (Wildman–Crippen LogP) is 3.02. The van der Waals surface area contributed by atoms with Crippen molar-refractivity contribution in [2.24, 2.45) is 0 Å². The van der Waals surface area contributed by atoms with Crippen molar-refractivity contribution in [2.45, 2.75) is 13.5 Å². The van der Waals surface area contributed by atoms with Crippen LogP contribution in [0.3, 0.4) is 0 Å². The van der Waals surface area contributed by atoms with E-state index in [9.17, 15) is 5.11 Å². The van der Waals surface area contributed by atoms with E-state index in [-0.39, 0.29) is 11.5 Å². The summed E-state index contributed by atoms with van der Waals surface area (Å²) in [7, 11) is 0. The molecule has 17 heavy (non-hydrogen) atoms. The van der Waals surface area contributed by atoms with E-state index in [0.29, 0.717) is 6.54 Å². The number of phenols is 2. The second kappa shape index (κ2) is 4.78. The summed E-state index contributed by atoms with van der Waals surface area (Å²) in [5, 5.41) is 22.0. The Morgan fingerprint density at radius 2 is 1.71 bits per heavy atom. The lowest BCUT2D eigenvalue weighted by molar-refractivity contribution is 0.474. The summed E-state index contributed by atoms with van der Waals surface area (Å²) in [6, 6.07) is 12.4. The maximum absolute atomic E-state index is 9.65. The molecular formula is C14H15NO2. The molecule has 2 aromatic rings. The molecule has 0 radical (unpaired) electrons. The molecular weight excluding hydrogens is 214 g/mol. The standard InChI is InChI=1S/C14H15NO2/c1-10-2-7-14(17)13(8-10)15-9-11-3-5-12(16)6-4-11/h2-8,15-17H,9H2,1H3. The van der Waals surface area contributed by atoms with Crippen LogP contribution in [0.25, 0.3) is 0 Å². The quantitative estimate of drug-likeness (QED) is 0.709. The van der Waals surface area contributed by atoms with Crippen molar-refractivity contribution in [3.05, 3.63) is 53.6 Å². The van der Waals surface area contributed by atoms with Crippen molar-refractivity contribution in [2.75, 3.05) is 5.32 Å². The fourth-order valence-corrected chi connectivity index (χ4v) is 1.60. The number of phenolic OH excluding ortho intramolecular Hbond substituents is 2. The van der Waals surface area contributed by atoms with Gasteiger partial charge >= 0.3 is 0 Å². The first-order chi connectivity index (χ1) is 8.15. The van der Waals surface area contributed by atoms with Crippen molar-refractivity contribution in [1.82, 2.24) is 0 Å². The SMILES string of the molecule is Cc1ccc(O)c(NCc2ccc(O)cc2)c1. The number of rotatable bonds is 3. The molecule has 0 fully saturated rings. The van der Waals surface area contributed by atoms with E-state index < -0.39 is 0 Å². The molecule has 88 valence electrons. The van der Waals surface area contributed by atoms with E-state index in [1.165, 1.54) is 0 Å². The first-order valence-corrected chi connectivity index (χ1v) is 5.46. The Bertz CT molecular complexity index is 506. The third-order valence-corrected chi connectivity index (χ3v) is 2.57. The van der Waals surface area contributed by atoms with Gasteiger partial charge in [0.1, 0.15) is 11.5 Å². The minimum atomic E-state index is 0.245. The number of benzene rings is 2. The Kier molecular flexibility index (Phi) is 3.19. The molecule has 0 saturated carbocycles. The van der Waals surface area contributed by atoms with Gasteiger partial charge in [-0.25, -0.2) is 0 Å². The van der Waals surface area contributed by atoms with Crippen molar-refractivity contribution >= 4 is 5.69 Å². The Morgan fingerprint density at radius 3 is 2.41 bits per heavy atom. The zero-order valence-electron chi connectivity index (χ0n) is 9.64. The molecule has 3 nitrogen and oxygen atoms in total. The van der Waals surface area contributed by atoms with Gasteiger partial charge in [0.15, 0.2) is 0 Å². The Labute approximate surface area is 100 Å². The molecule has 0 unspecified atom stereocenters. The third kappa shape index (κ3) is 2.91. The van der Waals surface area contributed by atoms with Crippen LogP contribution in [0.15, 0.2) is 42.5 Å². The van der Waals surface area contributed by atoms with Crippen molar-refractivity contribution in [3.63, 3.8) is 0 Å². The molecule has 0 amide bonds. The van der Waals surface area contributed by atoms with E-state index in [1.807, 2.05) is 31.2 Å². The molecule has 0 aliphatic rings. The van der Waals surface area contributed by atoms with Crippen molar-refractivity contribution in [3.8, 4) is 11.5 Å². The molecule has 0 spiro atoms. The van der Waals surface area contributed by atoms with E-state index in [4.69, 9.17) is 5.11 Å². The van der Waals surface area contributed by atoms with Gasteiger partial charge in [-0.15, -0.1) is 0 Å². The van der Waals surface area contributed by atoms with Crippen LogP contribution in [-0.4, -0.2) is 10.2 Å². The smallest absolute Gasteiger partial charge is 0.138 e. The summed E-state index contributed by atoms with van der Waals surface area (Å²) in [5.41, 5.74) is 2.86. The van der Waals surface area contributed by atoms with Crippen LogP contribution in [-0.2, 0) is 6.54 Å². The van der Waals surface area contributed by atoms with Gasteiger partial charge in [0, 0.05) is 6.54 Å². The van der Waals surface area contributed by atoms with Gasteiger partial charge in [-0.05, 0) is 42.3 Å². The van der Waals surface area contributed by atoms with Crippen LogP contribution in [0.4, 0.5) is 5.69 Å². The number of hydrogen-bond donors (Lipinski definition) is 3. The lowest BCUT2D eigenvalue weighted by atomic mass is 10.2. The first-order valence-electron chi connectivity index (χ1n) is 5.46. The molecule has 0 heterocycles. The largest absolute Gasteiger partial charge is 0.508 e. The summed E-state index contributed by atoms with van der Waals surface area (Å²) < 4.78 is 0. The van der Waals surface area contributed by atoms with Gasteiger partial charge in [-0.3, -0.25) is 0 Å². The Morgan fingerprint density at radius 1 is 1.00 bits per heavy atom. The fourth-order valence-electron chi connectivity index (χ4n) is 1.60. The van der Waals surface area contributed by atoms with Crippen LogP contribution in [0.1, 0.15) is 11.1 Å². The lowest BCUT2D eigenvalue weighted by Crippen LogP contribution is -1.99. The lowest BCUT2D eigenvalue weighted by Gasteiger charge is -2.09. The van der Waals surface area contributed by atoms with Gasteiger partial charge < -0.3 is 15.5 Å². The number of aromatic hydroxyl groups is 2. The second-order valence-electron chi connectivity index (χ2n) is 4.04. The molecule has 2 aromatic carbocycles. The van der Waals surface area contributed by atoms with Gasteiger partial charge in [-0.1, -0.05) is 18.2 Å². The molecule has 2 rings (SSSR count). The van der Waals surface area contributed by atoms with Crippen molar-refractivity contribution in [1.29, 1.82) is 0 Å². The van der Waals surface area contributed by atoms with E-state index >= 15 is 0 Å². The number of hydrogen-bond acceptors (Lipinski definition) is 3. The Hall–Kier alpha value is -2.16. The monoisotopic (exact) mass is 229 g/mol. The topological polar surface area (TPSA) is 52.5 Å². The van der Waals surface area contributed by atoms with E-state index in [1.54, 1.807) is 18.2 Å². The van der Waals surface area contributed by atoms with E-state index in [0.717, 1.165) is 16.8 Å². The van der Waals surface area contributed by atoms with Gasteiger partial charge in [0.25, 0.3) is 0 Å². The van der Waals surface area contributed by atoms with Crippen LogP contribution >= 0.6 is 0 Å². The number of nitrogens with one attached hydrogen (secondary N) is 1. The van der Waals surface area contributed by atoms with Crippen LogP contribution in [0.5, 0.6) is 11.5 Å². The van der Waals surface area contributed by atoms with Crippen LogP contribution < -0.4 is 5.32 Å². The van der Waals surface area contributed by atoms with Crippen molar-refractivity contribution < 1.29 is 10.2 Å². The highest BCUT2D eigenvalue weighted by Crippen LogP contribution is 2.24. The minimum absolute atomic E-state index is 0.245. The summed E-state index contributed by atoms with van der Waals surface area (Å²) in [4.78, 5) is 0. The average molecular weight is 229 g/mol. The van der Waals surface area contributed by atoms with Gasteiger partial charge in [0.05, 0.1) is 5.69 Å². The van der Waals surface area contributed by atoms with Gasteiger partial charge in [0.2, 0.25) is 0 Å². The fraction of sp³-hybridized carbons (Fsp3) is 0.143. The highest BCUT2D eigenvalue weighted by Gasteiger charge is 2.00. The predicted molar refractivity (Wildman–Crippen MR) is 68.3 cm³/mol. The highest BCUT2D eigenvalue weighted by molar-refractivity contribution is 5.57. The normalized spacial score (nSPS) is 10.2. The highest BCUT2D eigenvalue weighted by atomic mass is 16.3. The molecule has 0 aromatic heterocycles. The summed E-state index contributed by atoms with van der Waals surface area (Å²) in [6.07, 6.45) is 0. The van der Waals surface area contributed by atoms with E-state index in [2.05, 4.69) is 5.32 Å². The number of anilines is 1. The third-order valence-electron chi connectivity index (χ3n) is 2.57. The summed E-state index contributed by atoms with van der Waals surface area (Å²) in [5.74, 6) is 0.501. The minimum Gasteiger partial charge on any atom is -0.508 e. The van der Waals surface area contributed by atoms with Crippen LogP contribution in [0.2, 0.25) is 0 Å². The van der Waals surface area contributed by atoms with Crippen LogP contribution in [0, 0.1) is 6.92 Å². The number of aryl methyl sites for hydroxylation is 1. The molecule has 0 atom stereocenters. The Balaban J connectivity index is 2.07. The maximum atomic E-state index is 9.65. The molecule has 0 aliphatic heterocycles. The van der Waals surface area contributed by atoms with Gasteiger partial charge in [-0.2, -0.15) is 0 Å². The summed E-state index contributed by atoms with van der Waals surface area (Å²) in [6.45, 7) is 2.59. The maximum Gasteiger partial charge on any atom is 0.138 e. The molecule has 3 N–H and O–H groups in total. The molecule has 0 aliphatic carbocycles. The first kappa shape index (κ1) is 11.3. The molecule has 0 bridgehead atoms. The average Bonchev–Trinajstić information content (AvgIpc) is 2.32.